The summed E-state index contributed by atoms with van der Waals surface area (Å²) in [5.41, 5.74) is 2.49. The van der Waals surface area contributed by atoms with E-state index in [1.807, 2.05) is 4.90 Å². The minimum absolute atomic E-state index is 0.0351. The Hall–Kier alpha value is -1.35. The van der Waals surface area contributed by atoms with Gasteiger partial charge in [0.05, 0.1) is 12.6 Å². The number of amides is 1. The third-order valence-electron chi connectivity index (χ3n) is 3.43. The van der Waals surface area contributed by atoms with Gasteiger partial charge in [0.1, 0.15) is 0 Å². The lowest BCUT2D eigenvalue weighted by Gasteiger charge is -2.23. The highest BCUT2D eigenvalue weighted by Crippen LogP contribution is 2.18. The first-order valence-electron chi connectivity index (χ1n) is 6.16. The Kier molecular flexibility index (Phi) is 3.79. The van der Waals surface area contributed by atoms with E-state index < -0.39 is 0 Å². The van der Waals surface area contributed by atoms with E-state index in [0.717, 1.165) is 12.8 Å². The van der Waals surface area contributed by atoms with Crippen molar-refractivity contribution < 1.29 is 9.90 Å². The summed E-state index contributed by atoms with van der Waals surface area (Å²) in [6, 6.07) is 8.41. The van der Waals surface area contributed by atoms with Gasteiger partial charge in [-0.15, -0.1) is 0 Å². The molecule has 0 unspecified atom stereocenters. The van der Waals surface area contributed by atoms with E-state index in [0.29, 0.717) is 13.0 Å². The Morgan fingerprint density at radius 1 is 1.35 bits per heavy atom. The van der Waals surface area contributed by atoms with Crippen LogP contribution in [0.5, 0.6) is 0 Å². The van der Waals surface area contributed by atoms with Crippen molar-refractivity contribution in [2.24, 2.45) is 0 Å². The molecule has 3 nitrogen and oxygen atoms in total. The zero-order valence-electron chi connectivity index (χ0n) is 10.2. The average Bonchev–Trinajstić information content (AvgIpc) is 2.69. The van der Waals surface area contributed by atoms with Crippen molar-refractivity contribution in [3.8, 4) is 0 Å². The largest absolute Gasteiger partial charge is 0.394 e. The smallest absolute Gasteiger partial charge is 0.222 e. The summed E-state index contributed by atoms with van der Waals surface area (Å²) in [6.07, 6.45) is 2.24. The molecule has 1 aliphatic heterocycles. The van der Waals surface area contributed by atoms with Crippen molar-refractivity contribution in [2.45, 2.75) is 32.2 Å². The monoisotopic (exact) mass is 233 g/mol. The molecule has 0 saturated carbocycles. The summed E-state index contributed by atoms with van der Waals surface area (Å²) < 4.78 is 0. The van der Waals surface area contributed by atoms with Gasteiger partial charge in [-0.05, 0) is 25.3 Å². The van der Waals surface area contributed by atoms with E-state index in [9.17, 15) is 9.90 Å². The van der Waals surface area contributed by atoms with Gasteiger partial charge in [-0.3, -0.25) is 4.79 Å². The number of carbonyl (C=O) groups is 1. The Bertz CT molecular complexity index is 386. The highest BCUT2D eigenvalue weighted by molar-refractivity contribution is 5.78. The van der Waals surface area contributed by atoms with E-state index in [1.54, 1.807) is 0 Å². The number of aryl methyl sites for hydroxylation is 1. The second-order valence-corrected chi connectivity index (χ2v) is 4.70. The van der Waals surface area contributed by atoms with E-state index in [-0.39, 0.29) is 18.6 Å². The number of benzene rings is 1. The first kappa shape index (κ1) is 12.1. The molecule has 1 fully saturated rings. The molecule has 1 aliphatic rings. The lowest BCUT2D eigenvalue weighted by Crippen LogP contribution is -2.36. The van der Waals surface area contributed by atoms with Crippen molar-refractivity contribution in [3.05, 3.63) is 35.4 Å². The van der Waals surface area contributed by atoms with Gasteiger partial charge in [-0.2, -0.15) is 0 Å². The Morgan fingerprint density at radius 3 is 2.71 bits per heavy atom. The number of rotatable bonds is 4. The van der Waals surface area contributed by atoms with Crippen LogP contribution >= 0.6 is 0 Å². The number of aliphatic hydroxyl groups is 1. The number of likely N-dealkylation sites (tertiary alicyclic amines) is 1. The van der Waals surface area contributed by atoms with Gasteiger partial charge in [0.25, 0.3) is 0 Å². The third-order valence-corrected chi connectivity index (χ3v) is 3.43. The van der Waals surface area contributed by atoms with Gasteiger partial charge in [0.2, 0.25) is 5.91 Å². The van der Waals surface area contributed by atoms with Crippen molar-refractivity contribution in [2.75, 3.05) is 13.2 Å². The molecule has 0 spiro atoms. The number of carbonyl (C=O) groups excluding carboxylic acids is 1. The van der Waals surface area contributed by atoms with Crippen molar-refractivity contribution in [1.29, 1.82) is 0 Å². The number of hydrogen-bond donors (Lipinski definition) is 1. The number of aliphatic hydroxyl groups excluding tert-OH is 1. The Balaban J connectivity index is 1.93. The Morgan fingerprint density at radius 2 is 2.06 bits per heavy atom. The lowest BCUT2D eigenvalue weighted by molar-refractivity contribution is -0.129. The second kappa shape index (κ2) is 5.32. The normalized spacial score (nSPS) is 20.0. The van der Waals surface area contributed by atoms with Gasteiger partial charge in [0, 0.05) is 13.0 Å². The van der Waals surface area contributed by atoms with E-state index >= 15 is 0 Å². The first-order chi connectivity index (χ1) is 8.20. The molecule has 1 aromatic carbocycles. The predicted octanol–water partition coefficient (Wildman–Crippen LogP) is 1.52. The molecule has 3 heteroatoms. The molecule has 92 valence electrons. The second-order valence-electron chi connectivity index (χ2n) is 4.70. The first-order valence-corrected chi connectivity index (χ1v) is 6.16. The molecule has 1 aromatic rings. The van der Waals surface area contributed by atoms with Gasteiger partial charge < -0.3 is 10.0 Å². The van der Waals surface area contributed by atoms with E-state index in [2.05, 4.69) is 31.2 Å². The van der Waals surface area contributed by atoms with Gasteiger partial charge in [-0.1, -0.05) is 29.8 Å². The zero-order valence-corrected chi connectivity index (χ0v) is 10.2. The summed E-state index contributed by atoms with van der Waals surface area (Å²) in [4.78, 5) is 13.5. The third kappa shape index (κ3) is 2.86. The van der Waals surface area contributed by atoms with Crippen LogP contribution in [-0.4, -0.2) is 35.1 Å². The van der Waals surface area contributed by atoms with Crippen LogP contribution in [0.25, 0.3) is 0 Å². The molecule has 0 aliphatic carbocycles. The van der Waals surface area contributed by atoms with E-state index in [4.69, 9.17) is 0 Å². The van der Waals surface area contributed by atoms with Crippen LogP contribution in [0.15, 0.2) is 24.3 Å². The summed E-state index contributed by atoms with van der Waals surface area (Å²) in [5, 5.41) is 9.19. The standard InChI is InChI=1S/C14H19NO2/c1-11-2-4-12(5-3-11)8-9-15-13(10-16)6-7-14(15)17/h2-5,13,16H,6-10H2,1H3/t13-/m1/s1. The van der Waals surface area contributed by atoms with Gasteiger partial charge in [-0.25, -0.2) is 0 Å². The van der Waals surface area contributed by atoms with Gasteiger partial charge >= 0.3 is 0 Å². The molecular weight excluding hydrogens is 214 g/mol. The zero-order chi connectivity index (χ0) is 12.3. The molecule has 0 radical (unpaired) electrons. The fourth-order valence-electron chi connectivity index (χ4n) is 2.29. The maximum atomic E-state index is 11.6. The van der Waals surface area contributed by atoms with Crippen molar-refractivity contribution >= 4 is 5.91 Å². The molecule has 0 aromatic heterocycles. The quantitative estimate of drug-likeness (QED) is 0.856. The molecular formula is C14H19NO2. The fourth-order valence-corrected chi connectivity index (χ4v) is 2.29. The van der Waals surface area contributed by atoms with Crippen molar-refractivity contribution in [3.63, 3.8) is 0 Å². The summed E-state index contributed by atoms with van der Waals surface area (Å²) in [7, 11) is 0. The molecule has 1 amide bonds. The van der Waals surface area contributed by atoms with Crippen LogP contribution in [0, 0.1) is 6.92 Å². The van der Waals surface area contributed by atoms with Crippen LogP contribution < -0.4 is 0 Å². The molecule has 1 N–H and O–H groups in total. The van der Waals surface area contributed by atoms with Crippen LogP contribution in [0.3, 0.4) is 0 Å². The summed E-state index contributed by atoms with van der Waals surface area (Å²) in [5.74, 6) is 0.177. The summed E-state index contributed by atoms with van der Waals surface area (Å²) >= 11 is 0. The van der Waals surface area contributed by atoms with Crippen LogP contribution in [0.1, 0.15) is 24.0 Å². The molecule has 17 heavy (non-hydrogen) atoms. The SMILES string of the molecule is Cc1ccc(CCN2C(=O)CC[C@@H]2CO)cc1. The molecule has 1 saturated heterocycles. The number of hydrogen-bond acceptors (Lipinski definition) is 2. The number of nitrogens with zero attached hydrogens (tertiary/aromatic N) is 1. The fraction of sp³-hybridized carbons (Fsp3) is 0.500. The minimum atomic E-state index is 0.0351. The molecule has 1 heterocycles. The Labute approximate surface area is 102 Å². The highest BCUT2D eigenvalue weighted by Gasteiger charge is 2.29. The topological polar surface area (TPSA) is 40.5 Å². The van der Waals surface area contributed by atoms with Crippen molar-refractivity contribution in [1.82, 2.24) is 4.90 Å². The molecule has 1 atom stereocenters. The molecule has 2 rings (SSSR count). The molecule has 0 bridgehead atoms. The summed E-state index contributed by atoms with van der Waals surface area (Å²) in [6.45, 7) is 2.86. The van der Waals surface area contributed by atoms with E-state index in [1.165, 1.54) is 11.1 Å². The lowest BCUT2D eigenvalue weighted by atomic mass is 10.1. The van der Waals surface area contributed by atoms with Crippen LogP contribution in [-0.2, 0) is 11.2 Å². The maximum Gasteiger partial charge on any atom is 0.222 e. The maximum absolute atomic E-state index is 11.6. The highest BCUT2D eigenvalue weighted by atomic mass is 16.3. The minimum Gasteiger partial charge on any atom is -0.394 e. The van der Waals surface area contributed by atoms with Crippen LogP contribution in [0.2, 0.25) is 0 Å². The predicted molar refractivity (Wildman–Crippen MR) is 66.7 cm³/mol. The van der Waals surface area contributed by atoms with Gasteiger partial charge in [0.15, 0.2) is 0 Å². The average molecular weight is 233 g/mol. The van der Waals surface area contributed by atoms with Crippen LogP contribution in [0.4, 0.5) is 0 Å².